The van der Waals surface area contributed by atoms with E-state index in [1.807, 2.05) is 0 Å². The molecule has 0 fully saturated rings. The molecule has 0 aliphatic carbocycles. The van der Waals surface area contributed by atoms with E-state index >= 15 is 0 Å². The van der Waals surface area contributed by atoms with E-state index < -0.39 is 17.9 Å². The molecule has 0 radical (unpaired) electrons. The van der Waals surface area contributed by atoms with E-state index in [4.69, 9.17) is 11.6 Å². The minimum Gasteiger partial charge on any atom is -0.227 e. The summed E-state index contributed by atoms with van der Waals surface area (Å²) < 4.78 is 37.2. The predicted octanol–water partition coefficient (Wildman–Crippen LogP) is 3.66. The molecule has 1 rings (SSSR count). The van der Waals surface area contributed by atoms with Crippen molar-refractivity contribution in [1.82, 2.24) is 4.98 Å². The van der Waals surface area contributed by atoms with Crippen LogP contribution in [0.5, 0.6) is 0 Å². The zero-order valence-corrected chi connectivity index (χ0v) is 8.54. The third-order valence-electron chi connectivity index (χ3n) is 1.44. The van der Waals surface area contributed by atoms with Crippen molar-refractivity contribution < 1.29 is 13.2 Å². The second-order valence-electron chi connectivity index (χ2n) is 2.24. The van der Waals surface area contributed by atoms with Crippen molar-refractivity contribution in [2.24, 2.45) is 0 Å². The third-order valence-corrected chi connectivity index (χ3v) is 2.66. The van der Waals surface area contributed by atoms with Gasteiger partial charge in [0.25, 0.3) is 6.43 Å². The average molecular weight is 274 g/mol. The molecule has 0 bridgehead atoms. The molecule has 0 aliphatic heterocycles. The van der Waals surface area contributed by atoms with Gasteiger partial charge >= 0.3 is 0 Å². The smallest absolute Gasteiger partial charge is 0.227 e. The highest BCUT2D eigenvalue weighted by Gasteiger charge is 2.20. The maximum Gasteiger partial charge on any atom is 0.269 e. The Morgan fingerprint density at radius 3 is 2.62 bits per heavy atom. The molecular weight excluding hydrogens is 270 g/mol. The van der Waals surface area contributed by atoms with Crippen molar-refractivity contribution in [2.75, 3.05) is 0 Å². The molecule has 0 unspecified atom stereocenters. The van der Waals surface area contributed by atoms with Crippen molar-refractivity contribution >= 4 is 27.5 Å². The van der Waals surface area contributed by atoms with Crippen LogP contribution in [0.15, 0.2) is 10.7 Å². The van der Waals surface area contributed by atoms with Crippen LogP contribution in [0.25, 0.3) is 0 Å². The number of alkyl halides is 3. The molecule has 0 spiro atoms. The van der Waals surface area contributed by atoms with Gasteiger partial charge in [0.2, 0.25) is 5.95 Å². The lowest BCUT2D eigenvalue weighted by atomic mass is 10.2. The van der Waals surface area contributed by atoms with Crippen LogP contribution in [0.1, 0.15) is 17.6 Å². The first-order chi connectivity index (χ1) is 6.07. The first kappa shape index (κ1) is 10.8. The molecule has 1 heterocycles. The summed E-state index contributed by atoms with van der Waals surface area (Å²) in [5.41, 5.74) is -0.392. The molecule has 6 heteroatoms. The lowest BCUT2D eigenvalue weighted by Gasteiger charge is -2.06. The Hall–Kier alpha value is -0.290. The summed E-state index contributed by atoms with van der Waals surface area (Å²) in [5, 5.41) is 0. The molecule has 1 aromatic heterocycles. The molecule has 0 aromatic carbocycles. The monoisotopic (exact) mass is 273 g/mol. The highest BCUT2D eigenvalue weighted by Crippen LogP contribution is 2.31. The number of hydrogen-bond donors (Lipinski definition) is 0. The van der Waals surface area contributed by atoms with Gasteiger partial charge in [0.1, 0.15) is 0 Å². The van der Waals surface area contributed by atoms with Crippen LogP contribution in [0.4, 0.5) is 13.2 Å². The van der Waals surface area contributed by atoms with Crippen LogP contribution in [0.3, 0.4) is 0 Å². The van der Waals surface area contributed by atoms with E-state index in [1.54, 1.807) is 0 Å². The van der Waals surface area contributed by atoms with E-state index in [1.165, 1.54) is 0 Å². The number of pyridine rings is 1. The zero-order valence-electron chi connectivity index (χ0n) is 6.20. The van der Waals surface area contributed by atoms with Crippen molar-refractivity contribution in [3.05, 3.63) is 27.7 Å². The highest BCUT2D eigenvalue weighted by molar-refractivity contribution is 9.10. The number of halogens is 5. The van der Waals surface area contributed by atoms with Crippen molar-refractivity contribution in [3.63, 3.8) is 0 Å². The molecule has 0 aliphatic rings. The Morgan fingerprint density at radius 2 is 2.15 bits per heavy atom. The maximum atomic E-state index is 12.8. The lowest BCUT2D eigenvalue weighted by molar-refractivity contribution is 0.144. The molecule has 0 amide bonds. The van der Waals surface area contributed by atoms with Crippen LogP contribution in [0.2, 0.25) is 0 Å². The molecule has 0 atom stereocenters. The van der Waals surface area contributed by atoms with Gasteiger partial charge in [-0.25, -0.2) is 13.8 Å². The van der Waals surface area contributed by atoms with Crippen LogP contribution >= 0.6 is 27.5 Å². The first-order valence-electron chi connectivity index (χ1n) is 3.24. The predicted molar refractivity (Wildman–Crippen MR) is 46.4 cm³/mol. The average Bonchev–Trinajstić information content (AvgIpc) is 2.04. The molecule has 0 saturated carbocycles. The van der Waals surface area contributed by atoms with Crippen LogP contribution in [0, 0.1) is 5.95 Å². The fourth-order valence-corrected chi connectivity index (χ4v) is 1.75. The number of nitrogens with zero attached hydrogens (tertiary/aromatic N) is 1. The summed E-state index contributed by atoms with van der Waals surface area (Å²) >= 11 is 8.27. The summed E-state index contributed by atoms with van der Waals surface area (Å²) in [6.07, 6.45) is -1.77. The SMILES string of the molecule is Fc1ncc(CCl)c(Br)c1C(F)F. The summed E-state index contributed by atoms with van der Waals surface area (Å²) in [5.74, 6) is -1.16. The molecule has 0 N–H and O–H groups in total. The Kier molecular flexibility index (Phi) is 3.55. The number of hydrogen-bond acceptors (Lipinski definition) is 1. The van der Waals surface area contributed by atoms with Crippen molar-refractivity contribution in [3.8, 4) is 0 Å². The van der Waals surface area contributed by atoms with Gasteiger partial charge in [0.15, 0.2) is 0 Å². The molecule has 1 aromatic rings. The Bertz CT molecular complexity index is 319. The minimum atomic E-state index is -2.90. The normalized spacial score (nSPS) is 10.9. The summed E-state index contributed by atoms with van der Waals surface area (Å²) in [6.45, 7) is 0. The topological polar surface area (TPSA) is 12.9 Å². The zero-order chi connectivity index (χ0) is 10.0. The molecule has 1 nitrogen and oxygen atoms in total. The Labute approximate surface area is 86.0 Å². The van der Waals surface area contributed by atoms with Gasteiger partial charge in [-0.2, -0.15) is 4.39 Å². The van der Waals surface area contributed by atoms with Crippen molar-refractivity contribution in [1.29, 1.82) is 0 Å². The summed E-state index contributed by atoms with van der Waals surface area (Å²) in [6, 6.07) is 0. The molecule has 72 valence electrons. The minimum absolute atomic E-state index is 0.00752. The second kappa shape index (κ2) is 4.28. The van der Waals surface area contributed by atoms with Crippen LogP contribution in [-0.2, 0) is 5.88 Å². The lowest BCUT2D eigenvalue weighted by Crippen LogP contribution is -1.99. The van der Waals surface area contributed by atoms with Gasteiger partial charge in [-0.3, -0.25) is 0 Å². The molecular formula is C7H4BrClF3N. The summed E-state index contributed by atoms with van der Waals surface area (Å²) in [4.78, 5) is 3.17. The van der Waals surface area contributed by atoms with Crippen LogP contribution < -0.4 is 0 Å². The maximum absolute atomic E-state index is 12.8. The fraction of sp³-hybridized carbons (Fsp3) is 0.286. The third kappa shape index (κ3) is 2.14. The second-order valence-corrected chi connectivity index (χ2v) is 3.30. The van der Waals surface area contributed by atoms with E-state index in [-0.39, 0.29) is 10.4 Å². The standard InChI is InChI=1S/C7H4BrClF3N/c8-5-3(1-9)2-13-7(12)4(5)6(10)11/h2,6H,1H2. The summed E-state index contributed by atoms with van der Waals surface area (Å²) in [7, 11) is 0. The molecule has 13 heavy (non-hydrogen) atoms. The highest BCUT2D eigenvalue weighted by atomic mass is 79.9. The number of rotatable bonds is 2. The quantitative estimate of drug-likeness (QED) is 0.592. The van der Waals surface area contributed by atoms with Gasteiger partial charge < -0.3 is 0 Å². The van der Waals surface area contributed by atoms with Gasteiger partial charge in [0, 0.05) is 16.2 Å². The van der Waals surface area contributed by atoms with Crippen molar-refractivity contribution in [2.45, 2.75) is 12.3 Å². The van der Waals surface area contributed by atoms with Gasteiger partial charge in [0.05, 0.1) is 11.4 Å². The van der Waals surface area contributed by atoms with Gasteiger partial charge in [-0.15, -0.1) is 11.6 Å². The van der Waals surface area contributed by atoms with E-state index in [2.05, 4.69) is 20.9 Å². The number of aromatic nitrogens is 1. The Balaban J connectivity index is 3.30. The van der Waals surface area contributed by atoms with Crippen LogP contribution in [-0.4, -0.2) is 4.98 Å². The first-order valence-corrected chi connectivity index (χ1v) is 4.57. The fourth-order valence-electron chi connectivity index (χ4n) is 0.803. The van der Waals surface area contributed by atoms with Gasteiger partial charge in [-0.05, 0) is 15.9 Å². The van der Waals surface area contributed by atoms with E-state index in [0.29, 0.717) is 5.56 Å². The molecule has 0 saturated heterocycles. The van der Waals surface area contributed by atoms with E-state index in [9.17, 15) is 13.2 Å². The largest absolute Gasteiger partial charge is 0.269 e. The van der Waals surface area contributed by atoms with E-state index in [0.717, 1.165) is 6.20 Å². The Morgan fingerprint density at radius 1 is 1.54 bits per heavy atom. The van der Waals surface area contributed by atoms with Gasteiger partial charge in [-0.1, -0.05) is 0 Å².